The van der Waals surface area contributed by atoms with Crippen molar-refractivity contribution in [2.24, 2.45) is 0 Å². The zero-order valence-electron chi connectivity index (χ0n) is 4.11. The maximum atomic E-state index is 6.88. The molecule has 2 nitrogen and oxygen atoms in total. The molecule has 0 amide bonds. The standard InChI is InChI=1S/C5H4N.Fe.HN/c1-2-4-6-5-3-1;;/h1-4H;;1H. The van der Waals surface area contributed by atoms with Crippen LogP contribution in [0.25, 0.3) is 0 Å². The van der Waals surface area contributed by atoms with Gasteiger partial charge in [0.25, 0.3) is 0 Å². The average molecular weight is 149 g/mol. The van der Waals surface area contributed by atoms with E-state index in [1.54, 1.807) is 6.20 Å². The first kappa shape index (κ1) is 5.60. The van der Waals surface area contributed by atoms with Crippen LogP contribution in [0, 0.1) is 4.38 Å². The van der Waals surface area contributed by atoms with Crippen LogP contribution in [0.3, 0.4) is 0 Å². The molecule has 0 unspecified atom stereocenters. The second kappa shape index (κ2) is 2.70. The van der Waals surface area contributed by atoms with E-state index in [2.05, 4.69) is 4.98 Å². The molecule has 0 radical (unpaired) electrons. The topological polar surface area (TPSA) is 36.7 Å². The van der Waals surface area contributed by atoms with Crippen LogP contribution in [-0.2, 0) is 14.8 Å². The Hall–Kier alpha value is -0.531. The summed E-state index contributed by atoms with van der Waals surface area (Å²) in [6.45, 7) is 0. The molecular weight excluding hydrogens is 144 g/mol. The first-order valence-corrected chi connectivity index (χ1v) is 3.23. The number of aromatic nitrogens is 1. The predicted octanol–water partition coefficient (Wildman–Crippen LogP) is 0.552. The summed E-state index contributed by atoms with van der Waals surface area (Å²) in [5.74, 6) is 0. The van der Waals surface area contributed by atoms with Crippen LogP contribution in [0.15, 0.2) is 24.4 Å². The van der Waals surface area contributed by atoms with Crippen LogP contribution in [-0.4, -0.2) is 4.98 Å². The summed E-state index contributed by atoms with van der Waals surface area (Å²) in [5, 5.41) is 0. The van der Waals surface area contributed by atoms with Gasteiger partial charge in [-0.05, 0) is 0 Å². The van der Waals surface area contributed by atoms with Gasteiger partial charge in [0.15, 0.2) is 0 Å². The van der Waals surface area contributed by atoms with Crippen LogP contribution in [0.4, 0.5) is 0 Å². The van der Waals surface area contributed by atoms with E-state index >= 15 is 0 Å². The third kappa shape index (κ3) is 1.22. The van der Waals surface area contributed by atoms with Crippen molar-refractivity contribution in [3.05, 3.63) is 24.4 Å². The molecule has 8 heavy (non-hydrogen) atoms. The Bertz CT molecular complexity index is 173. The second-order valence-electron chi connectivity index (χ2n) is 1.23. The molecule has 1 aromatic rings. The monoisotopic (exact) mass is 149 g/mol. The van der Waals surface area contributed by atoms with Crippen molar-refractivity contribution in [2.75, 3.05) is 0 Å². The van der Waals surface area contributed by atoms with Gasteiger partial charge in [0.1, 0.15) is 0 Å². The summed E-state index contributed by atoms with van der Waals surface area (Å²) in [4.78, 5) is 3.91. The summed E-state index contributed by atoms with van der Waals surface area (Å²) >= 11 is 0.279. The zero-order chi connectivity index (χ0) is 5.82. The van der Waals surface area contributed by atoms with Gasteiger partial charge in [-0.15, -0.1) is 0 Å². The molecule has 0 aliphatic heterocycles. The summed E-state index contributed by atoms with van der Waals surface area (Å²) < 4.78 is 7.71. The van der Waals surface area contributed by atoms with E-state index in [0.29, 0.717) is 0 Å². The minimum absolute atomic E-state index is 0.279. The number of nitrogens with zero attached hydrogens (tertiary/aromatic N) is 1. The van der Waals surface area contributed by atoms with Gasteiger partial charge in [0.2, 0.25) is 0 Å². The zero-order valence-corrected chi connectivity index (χ0v) is 5.21. The molecule has 0 aliphatic rings. The van der Waals surface area contributed by atoms with Crippen LogP contribution in [0.1, 0.15) is 0 Å². The van der Waals surface area contributed by atoms with Crippen molar-refractivity contribution in [1.29, 1.82) is 4.38 Å². The van der Waals surface area contributed by atoms with Gasteiger partial charge in [-0.3, -0.25) is 0 Å². The molecular formula is C5H5FeN2. The third-order valence-electron chi connectivity index (χ3n) is 0.712. The molecule has 1 aromatic heterocycles. The first-order chi connectivity index (χ1) is 3.93. The minimum atomic E-state index is 0.279. The quantitative estimate of drug-likeness (QED) is 0.581. The molecule has 0 fully saturated rings. The Labute approximate surface area is 53.7 Å². The van der Waals surface area contributed by atoms with Crippen molar-refractivity contribution in [3.63, 3.8) is 0 Å². The normalized spacial score (nSPS) is 9.00. The van der Waals surface area contributed by atoms with Gasteiger partial charge in [0, 0.05) is 0 Å². The van der Waals surface area contributed by atoms with E-state index < -0.39 is 0 Å². The predicted molar refractivity (Wildman–Crippen MR) is 26.6 cm³/mol. The fraction of sp³-hybridized carbons (Fsp3) is 0. The van der Waals surface area contributed by atoms with Crippen molar-refractivity contribution in [2.45, 2.75) is 0 Å². The molecule has 1 heterocycles. The first-order valence-electron chi connectivity index (χ1n) is 2.12. The van der Waals surface area contributed by atoms with Gasteiger partial charge in [-0.2, -0.15) is 0 Å². The Morgan fingerprint density at radius 1 is 1.50 bits per heavy atom. The molecule has 0 bridgehead atoms. The van der Waals surface area contributed by atoms with Crippen molar-refractivity contribution >= 4 is 4.59 Å². The third-order valence-corrected chi connectivity index (χ3v) is 1.32. The second-order valence-corrected chi connectivity index (χ2v) is 2.07. The van der Waals surface area contributed by atoms with Gasteiger partial charge >= 0.3 is 53.1 Å². The van der Waals surface area contributed by atoms with Crippen LogP contribution in [0.2, 0.25) is 0 Å². The molecule has 0 saturated carbocycles. The van der Waals surface area contributed by atoms with Gasteiger partial charge in [0.05, 0.1) is 0 Å². The van der Waals surface area contributed by atoms with Crippen molar-refractivity contribution < 1.29 is 14.8 Å². The fourth-order valence-corrected chi connectivity index (χ4v) is 0.742. The van der Waals surface area contributed by atoms with E-state index in [4.69, 9.17) is 4.38 Å². The number of hydrogen-bond donors (Lipinski definition) is 1. The molecule has 43 valence electrons. The van der Waals surface area contributed by atoms with Gasteiger partial charge < -0.3 is 0 Å². The summed E-state index contributed by atoms with van der Waals surface area (Å²) in [5.41, 5.74) is 0. The van der Waals surface area contributed by atoms with Crippen LogP contribution >= 0.6 is 0 Å². The Kier molecular flexibility index (Phi) is 1.89. The molecule has 3 heteroatoms. The van der Waals surface area contributed by atoms with Gasteiger partial charge in [-0.25, -0.2) is 0 Å². The SMILES string of the molecule is [NH]=[Fe][c]1ccccn1. The Morgan fingerprint density at radius 3 is 2.75 bits per heavy atom. The summed E-state index contributed by atoms with van der Waals surface area (Å²) in [6, 6.07) is 5.57. The molecule has 0 aliphatic carbocycles. The summed E-state index contributed by atoms with van der Waals surface area (Å²) in [6.07, 6.45) is 1.70. The molecule has 0 spiro atoms. The number of hydrogen-bond acceptors (Lipinski definition) is 2. The van der Waals surface area contributed by atoms with E-state index in [1.165, 1.54) is 0 Å². The maximum absolute atomic E-state index is 6.88. The van der Waals surface area contributed by atoms with E-state index in [0.717, 1.165) is 4.59 Å². The fourth-order valence-electron chi connectivity index (χ4n) is 0.390. The molecule has 0 saturated heterocycles. The number of pyridine rings is 1. The summed E-state index contributed by atoms with van der Waals surface area (Å²) in [7, 11) is 0. The Morgan fingerprint density at radius 2 is 2.38 bits per heavy atom. The molecule has 1 N–H and O–H groups in total. The number of nitrogens with one attached hydrogen (secondary N) is 1. The van der Waals surface area contributed by atoms with E-state index in [-0.39, 0.29) is 14.8 Å². The van der Waals surface area contributed by atoms with Gasteiger partial charge in [-0.1, -0.05) is 0 Å². The molecule has 1 rings (SSSR count). The van der Waals surface area contributed by atoms with E-state index in [1.807, 2.05) is 18.2 Å². The van der Waals surface area contributed by atoms with Crippen molar-refractivity contribution in [1.82, 2.24) is 4.98 Å². The number of rotatable bonds is 1. The van der Waals surface area contributed by atoms with Crippen molar-refractivity contribution in [3.8, 4) is 0 Å². The molecule has 0 aromatic carbocycles. The average Bonchev–Trinajstić information content (AvgIpc) is 1.90. The Balaban J connectivity index is 2.99. The van der Waals surface area contributed by atoms with Crippen LogP contribution < -0.4 is 4.59 Å². The molecule has 0 atom stereocenters. The van der Waals surface area contributed by atoms with Crippen LogP contribution in [0.5, 0.6) is 0 Å². The van der Waals surface area contributed by atoms with E-state index in [9.17, 15) is 0 Å².